The van der Waals surface area contributed by atoms with E-state index in [2.05, 4.69) is 18.1 Å². The van der Waals surface area contributed by atoms with E-state index in [-0.39, 0.29) is 5.97 Å². The topological polar surface area (TPSA) is 28.4 Å². The lowest BCUT2D eigenvalue weighted by atomic mass is 10.1. The molecular formula is C15H29O2+. The van der Waals surface area contributed by atoms with Crippen LogP contribution in [0.25, 0.3) is 0 Å². The van der Waals surface area contributed by atoms with Crippen molar-refractivity contribution in [1.82, 2.24) is 0 Å². The highest BCUT2D eigenvalue weighted by atomic mass is 16.4. The summed E-state index contributed by atoms with van der Waals surface area (Å²) in [5, 5.41) is 0. The molecule has 0 unspecified atom stereocenters. The maximum Gasteiger partial charge on any atom is 0.579 e. The number of rotatable bonds is 12. The van der Waals surface area contributed by atoms with Crippen molar-refractivity contribution in [2.24, 2.45) is 0 Å². The van der Waals surface area contributed by atoms with Gasteiger partial charge in [0.05, 0.1) is 0 Å². The second-order valence-electron chi connectivity index (χ2n) is 4.80. The summed E-state index contributed by atoms with van der Waals surface area (Å²) in [6, 6.07) is 0. The Hall–Kier alpha value is -0.660. The molecule has 0 aromatic rings. The van der Waals surface area contributed by atoms with Crippen LogP contribution in [0.1, 0.15) is 84.0 Å². The third-order valence-corrected chi connectivity index (χ3v) is 3.15. The predicted octanol–water partition coefficient (Wildman–Crippen LogP) is 4.58. The molecule has 0 bridgehead atoms. The Morgan fingerprint density at radius 1 is 0.824 bits per heavy atom. The quantitative estimate of drug-likeness (QED) is 0.363. The largest absolute Gasteiger partial charge is 0.579 e. The monoisotopic (exact) mass is 241 g/mol. The fourth-order valence-electron chi connectivity index (χ4n) is 2.01. The maximum atomic E-state index is 10.8. The first-order valence-electron chi connectivity index (χ1n) is 7.26. The number of carbonyl (C=O) groups excluding carboxylic acids is 2. The van der Waals surface area contributed by atoms with E-state index in [9.17, 15) is 4.79 Å². The van der Waals surface area contributed by atoms with Crippen LogP contribution in [-0.4, -0.2) is 12.8 Å². The van der Waals surface area contributed by atoms with Crippen molar-refractivity contribution in [1.29, 1.82) is 0 Å². The molecule has 0 aromatic carbocycles. The minimum absolute atomic E-state index is 0.180. The van der Waals surface area contributed by atoms with E-state index in [1.807, 2.05) is 0 Å². The minimum atomic E-state index is -0.180. The van der Waals surface area contributed by atoms with Gasteiger partial charge >= 0.3 is 5.97 Å². The molecule has 0 aromatic heterocycles. The van der Waals surface area contributed by atoms with Gasteiger partial charge in [0.25, 0.3) is 0 Å². The molecule has 100 valence electrons. The van der Waals surface area contributed by atoms with Crippen LogP contribution in [0.15, 0.2) is 0 Å². The summed E-state index contributed by atoms with van der Waals surface area (Å²) in [4.78, 5) is 10.8. The second kappa shape index (κ2) is 13.4. The zero-order chi connectivity index (χ0) is 12.8. The molecule has 0 saturated carbocycles. The zero-order valence-corrected chi connectivity index (χ0v) is 11.5. The summed E-state index contributed by atoms with van der Waals surface area (Å²) >= 11 is 0. The fourth-order valence-corrected chi connectivity index (χ4v) is 2.01. The highest BCUT2D eigenvalue weighted by Crippen LogP contribution is 2.11. The average molecular weight is 241 g/mol. The van der Waals surface area contributed by atoms with Crippen LogP contribution in [0, 0.1) is 0 Å². The average Bonchev–Trinajstić information content (AvgIpc) is 2.35. The molecule has 0 atom stereocenters. The van der Waals surface area contributed by atoms with Gasteiger partial charge in [-0.15, -0.1) is 0 Å². The van der Waals surface area contributed by atoms with E-state index in [4.69, 9.17) is 0 Å². The molecule has 0 fully saturated rings. The SMILES string of the molecule is C=[O+]C(=O)CCCCCCCCCCCCC. The Bertz CT molecular complexity index is 187. The first-order chi connectivity index (χ1) is 8.31. The van der Waals surface area contributed by atoms with Crippen LogP contribution in [0.5, 0.6) is 0 Å². The molecule has 0 aliphatic rings. The van der Waals surface area contributed by atoms with Gasteiger partial charge < -0.3 is 0 Å². The van der Waals surface area contributed by atoms with Crippen LogP contribution in [0.2, 0.25) is 0 Å². The third kappa shape index (κ3) is 13.3. The van der Waals surface area contributed by atoms with Crippen molar-refractivity contribution in [2.45, 2.75) is 84.0 Å². The fraction of sp³-hybridized carbons (Fsp3) is 0.867. The molecule has 0 radical (unpaired) electrons. The molecule has 0 amide bonds. The lowest BCUT2D eigenvalue weighted by Gasteiger charge is -2.01. The smallest absolute Gasteiger partial charge is 0.288 e. The van der Waals surface area contributed by atoms with Gasteiger partial charge in [-0.3, -0.25) is 4.42 Å². The van der Waals surface area contributed by atoms with Crippen molar-refractivity contribution >= 4 is 12.8 Å². The van der Waals surface area contributed by atoms with Crippen molar-refractivity contribution in [2.75, 3.05) is 0 Å². The molecule has 17 heavy (non-hydrogen) atoms. The van der Waals surface area contributed by atoms with E-state index in [0.29, 0.717) is 6.42 Å². The van der Waals surface area contributed by atoms with Gasteiger partial charge in [0.2, 0.25) is 0 Å². The van der Waals surface area contributed by atoms with Gasteiger partial charge in [0, 0.05) is 4.79 Å². The third-order valence-electron chi connectivity index (χ3n) is 3.15. The van der Waals surface area contributed by atoms with Crippen molar-refractivity contribution in [3.63, 3.8) is 0 Å². The molecule has 2 heteroatoms. The first-order valence-corrected chi connectivity index (χ1v) is 7.26. The maximum absolute atomic E-state index is 10.8. The Morgan fingerprint density at radius 3 is 1.65 bits per heavy atom. The summed E-state index contributed by atoms with van der Waals surface area (Å²) in [7, 11) is 0. The Labute approximate surface area is 106 Å². The number of hydrogen-bond acceptors (Lipinski definition) is 1. The number of carbonyl (C=O) groups is 1. The summed E-state index contributed by atoms with van der Waals surface area (Å²) in [6.45, 7) is 5.36. The predicted molar refractivity (Wildman–Crippen MR) is 73.2 cm³/mol. The highest BCUT2D eigenvalue weighted by Gasteiger charge is 2.09. The first kappa shape index (κ1) is 16.3. The summed E-state index contributed by atoms with van der Waals surface area (Å²) < 4.78 is 4.35. The van der Waals surface area contributed by atoms with Gasteiger partial charge in [-0.2, -0.15) is 0 Å². The van der Waals surface area contributed by atoms with E-state index >= 15 is 0 Å². The second-order valence-corrected chi connectivity index (χ2v) is 4.80. The van der Waals surface area contributed by atoms with Gasteiger partial charge in [0.1, 0.15) is 6.42 Å². The Kier molecular flexibility index (Phi) is 12.9. The van der Waals surface area contributed by atoms with Gasteiger partial charge in [-0.05, 0) is 6.42 Å². The van der Waals surface area contributed by atoms with E-state index in [0.717, 1.165) is 12.8 Å². The normalized spacial score (nSPS) is 10.4. The van der Waals surface area contributed by atoms with Crippen LogP contribution in [0.4, 0.5) is 0 Å². The van der Waals surface area contributed by atoms with Crippen molar-refractivity contribution in [3.05, 3.63) is 0 Å². The molecule has 0 rings (SSSR count). The standard InChI is InChI=1S/C15H29O2/c1-3-4-5-6-7-8-9-10-11-12-13-14-15(16)17-2/h2-14H2,1H3/q+1. The lowest BCUT2D eigenvalue weighted by molar-refractivity contribution is -0.369. The van der Waals surface area contributed by atoms with Gasteiger partial charge in [0.15, 0.2) is 6.79 Å². The van der Waals surface area contributed by atoms with E-state index in [1.54, 1.807) is 0 Å². The summed E-state index contributed by atoms with van der Waals surface area (Å²) in [5.41, 5.74) is 0. The number of unbranched alkanes of at least 4 members (excludes halogenated alkanes) is 10. The summed E-state index contributed by atoms with van der Waals surface area (Å²) in [6.07, 6.45) is 14.8. The number of hydrogen-bond donors (Lipinski definition) is 0. The van der Waals surface area contributed by atoms with Crippen LogP contribution >= 0.6 is 0 Å². The molecule has 0 heterocycles. The van der Waals surface area contributed by atoms with E-state index < -0.39 is 0 Å². The van der Waals surface area contributed by atoms with E-state index in [1.165, 1.54) is 57.8 Å². The van der Waals surface area contributed by atoms with Crippen molar-refractivity contribution in [3.8, 4) is 0 Å². The molecular weight excluding hydrogens is 212 g/mol. The molecule has 0 spiro atoms. The Morgan fingerprint density at radius 2 is 1.24 bits per heavy atom. The van der Waals surface area contributed by atoms with Gasteiger partial charge in [-0.1, -0.05) is 71.1 Å². The summed E-state index contributed by atoms with van der Waals surface area (Å²) in [5.74, 6) is -0.180. The minimum Gasteiger partial charge on any atom is -0.288 e. The van der Waals surface area contributed by atoms with Crippen LogP contribution in [0.3, 0.4) is 0 Å². The van der Waals surface area contributed by atoms with Crippen LogP contribution in [-0.2, 0) is 9.22 Å². The molecule has 0 N–H and O–H groups in total. The molecule has 2 nitrogen and oxygen atoms in total. The lowest BCUT2D eigenvalue weighted by Crippen LogP contribution is -1.95. The highest BCUT2D eigenvalue weighted by molar-refractivity contribution is 5.66. The molecule has 0 aliphatic carbocycles. The Balaban J connectivity index is 2.98. The van der Waals surface area contributed by atoms with Gasteiger partial charge in [-0.25, -0.2) is 0 Å². The molecule has 0 aliphatic heterocycles. The molecule has 0 saturated heterocycles. The zero-order valence-electron chi connectivity index (χ0n) is 11.5. The van der Waals surface area contributed by atoms with Crippen LogP contribution < -0.4 is 0 Å². The van der Waals surface area contributed by atoms with Crippen molar-refractivity contribution < 1.29 is 9.22 Å².